The molecule has 0 saturated carbocycles. The number of hydrogen-bond acceptors (Lipinski definition) is 2. The zero-order valence-corrected chi connectivity index (χ0v) is 12.3. The molecule has 1 heterocycles. The van der Waals surface area contributed by atoms with Gasteiger partial charge < -0.3 is 0 Å². The average molecular weight is 250 g/mol. The highest BCUT2D eigenvalue weighted by atomic mass is 16.1. The fourth-order valence-corrected chi connectivity index (χ4v) is 2.37. The van der Waals surface area contributed by atoms with E-state index in [2.05, 4.69) is 12.0 Å². The number of ketones is 1. The SMILES string of the molecule is CCCCCCCCC(=O)c1c(C)nn(C)c1C. The molecule has 3 heteroatoms. The van der Waals surface area contributed by atoms with Crippen molar-refractivity contribution in [3.63, 3.8) is 0 Å². The summed E-state index contributed by atoms with van der Waals surface area (Å²) in [7, 11) is 1.89. The number of nitrogens with zero attached hydrogens (tertiary/aromatic N) is 2. The van der Waals surface area contributed by atoms with Crippen LogP contribution >= 0.6 is 0 Å². The summed E-state index contributed by atoms with van der Waals surface area (Å²) in [5.74, 6) is 0.258. The van der Waals surface area contributed by atoms with Gasteiger partial charge in [0.15, 0.2) is 5.78 Å². The lowest BCUT2D eigenvalue weighted by Crippen LogP contribution is -2.03. The second-order valence-electron chi connectivity index (χ2n) is 5.11. The molecule has 0 fully saturated rings. The summed E-state index contributed by atoms with van der Waals surface area (Å²) in [6.07, 6.45) is 7.99. The van der Waals surface area contributed by atoms with Gasteiger partial charge in [0, 0.05) is 19.2 Å². The first kappa shape index (κ1) is 14.9. The van der Waals surface area contributed by atoms with E-state index < -0.39 is 0 Å². The van der Waals surface area contributed by atoms with E-state index in [9.17, 15) is 4.79 Å². The number of rotatable bonds is 8. The quantitative estimate of drug-likeness (QED) is 0.517. The van der Waals surface area contributed by atoms with Crippen molar-refractivity contribution in [3.8, 4) is 0 Å². The van der Waals surface area contributed by atoms with Crippen molar-refractivity contribution in [3.05, 3.63) is 17.0 Å². The third-order valence-electron chi connectivity index (χ3n) is 3.55. The predicted molar refractivity (Wildman–Crippen MR) is 75.0 cm³/mol. The van der Waals surface area contributed by atoms with Crippen LogP contribution in [0.1, 0.15) is 73.6 Å². The van der Waals surface area contributed by atoms with Crippen molar-refractivity contribution >= 4 is 5.78 Å². The molecule has 1 aromatic rings. The number of unbranched alkanes of at least 4 members (excludes halogenated alkanes) is 5. The maximum atomic E-state index is 12.1. The summed E-state index contributed by atoms with van der Waals surface area (Å²) in [5.41, 5.74) is 2.69. The number of Topliss-reactive ketones (excluding diaryl/α,β-unsaturated/α-hetero) is 1. The first-order valence-corrected chi connectivity index (χ1v) is 7.11. The van der Waals surface area contributed by atoms with Gasteiger partial charge in [0.05, 0.1) is 11.3 Å². The molecule has 102 valence electrons. The van der Waals surface area contributed by atoms with Gasteiger partial charge in [-0.1, -0.05) is 39.0 Å². The Balaban J connectivity index is 2.37. The number of hydrogen-bond donors (Lipinski definition) is 0. The number of carbonyl (C=O) groups excluding carboxylic acids is 1. The Kier molecular flexibility index (Phi) is 6.10. The number of aryl methyl sites for hydroxylation is 2. The minimum Gasteiger partial charge on any atom is -0.294 e. The molecule has 0 aliphatic rings. The predicted octanol–water partition coefficient (Wildman–Crippen LogP) is 3.97. The Morgan fingerprint density at radius 3 is 2.28 bits per heavy atom. The van der Waals surface area contributed by atoms with E-state index in [4.69, 9.17) is 0 Å². The Bertz CT molecular complexity index is 393. The highest BCUT2D eigenvalue weighted by Gasteiger charge is 2.16. The highest BCUT2D eigenvalue weighted by Crippen LogP contribution is 2.16. The van der Waals surface area contributed by atoms with Crippen LogP contribution in [0.4, 0.5) is 0 Å². The second kappa shape index (κ2) is 7.34. The van der Waals surface area contributed by atoms with Crippen LogP contribution in [0.15, 0.2) is 0 Å². The average Bonchev–Trinajstić information content (AvgIpc) is 2.58. The van der Waals surface area contributed by atoms with Crippen molar-refractivity contribution in [2.24, 2.45) is 7.05 Å². The molecule has 0 aliphatic heterocycles. The lowest BCUT2D eigenvalue weighted by Gasteiger charge is -2.02. The molecule has 0 radical (unpaired) electrons. The van der Waals surface area contributed by atoms with Crippen LogP contribution in [0.25, 0.3) is 0 Å². The van der Waals surface area contributed by atoms with Gasteiger partial charge in [-0.2, -0.15) is 5.10 Å². The fraction of sp³-hybridized carbons (Fsp3) is 0.733. The Labute approximate surface area is 111 Å². The largest absolute Gasteiger partial charge is 0.294 e. The summed E-state index contributed by atoms with van der Waals surface area (Å²) >= 11 is 0. The van der Waals surface area contributed by atoms with E-state index in [0.717, 1.165) is 23.4 Å². The van der Waals surface area contributed by atoms with Crippen LogP contribution in [0.2, 0.25) is 0 Å². The van der Waals surface area contributed by atoms with Gasteiger partial charge in [-0.3, -0.25) is 9.48 Å². The summed E-state index contributed by atoms with van der Waals surface area (Å²) < 4.78 is 1.80. The summed E-state index contributed by atoms with van der Waals surface area (Å²) in [6, 6.07) is 0. The Morgan fingerprint density at radius 2 is 1.72 bits per heavy atom. The molecule has 0 N–H and O–H groups in total. The highest BCUT2D eigenvalue weighted by molar-refractivity contribution is 5.98. The third-order valence-corrected chi connectivity index (χ3v) is 3.55. The molecule has 0 amide bonds. The maximum absolute atomic E-state index is 12.1. The van der Waals surface area contributed by atoms with Crippen molar-refractivity contribution in [2.45, 2.75) is 65.7 Å². The monoisotopic (exact) mass is 250 g/mol. The van der Waals surface area contributed by atoms with Gasteiger partial charge in [-0.25, -0.2) is 0 Å². The molecule has 0 spiro atoms. The zero-order valence-electron chi connectivity index (χ0n) is 12.3. The molecule has 0 unspecified atom stereocenters. The lowest BCUT2D eigenvalue weighted by atomic mass is 10.0. The van der Waals surface area contributed by atoms with Gasteiger partial charge in [-0.15, -0.1) is 0 Å². The Hall–Kier alpha value is -1.12. The van der Waals surface area contributed by atoms with Crippen molar-refractivity contribution < 1.29 is 4.79 Å². The first-order chi connectivity index (χ1) is 8.57. The van der Waals surface area contributed by atoms with Crippen LogP contribution in [0, 0.1) is 13.8 Å². The molecule has 0 saturated heterocycles. The molecule has 18 heavy (non-hydrogen) atoms. The van der Waals surface area contributed by atoms with Gasteiger partial charge in [-0.05, 0) is 20.3 Å². The molecule has 1 rings (SSSR count). The zero-order chi connectivity index (χ0) is 13.5. The van der Waals surface area contributed by atoms with Gasteiger partial charge in [0.2, 0.25) is 0 Å². The summed E-state index contributed by atoms with van der Waals surface area (Å²) in [4.78, 5) is 12.1. The summed E-state index contributed by atoms with van der Waals surface area (Å²) in [5, 5.41) is 4.30. The molecule has 1 aromatic heterocycles. The van der Waals surface area contributed by atoms with Crippen molar-refractivity contribution in [1.82, 2.24) is 9.78 Å². The van der Waals surface area contributed by atoms with Crippen LogP contribution in [0.3, 0.4) is 0 Å². The minimum atomic E-state index is 0.258. The van der Waals surface area contributed by atoms with E-state index in [1.54, 1.807) is 4.68 Å². The number of aromatic nitrogens is 2. The minimum absolute atomic E-state index is 0.258. The van der Waals surface area contributed by atoms with Crippen LogP contribution in [-0.4, -0.2) is 15.6 Å². The van der Waals surface area contributed by atoms with E-state index in [1.165, 1.54) is 32.1 Å². The van der Waals surface area contributed by atoms with E-state index in [-0.39, 0.29) is 5.78 Å². The van der Waals surface area contributed by atoms with E-state index in [0.29, 0.717) is 6.42 Å². The van der Waals surface area contributed by atoms with Gasteiger partial charge >= 0.3 is 0 Å². The topological polar surface area (TPSA) is 34.9 Å². The molecule has 0 aromatic carbocycles. The summed E-state index contributed by atoms with van der Waals surface area (Å²) in [6.45, 7) is 6.10. The van der Waals surface area contributed by atoms with E-state index >= 15 is 0 Å². The first-order valence-electron chi connectivity index (χ1n) is 7.11. The van der Waals surface area contributed by atoms with Gasteiger partial charge in [0.1, 0.15) is 0 Å². The van der Waals surface area contributed by atoms with Crippen molar-refractivity contribution in [2.75, 3.05) is 0 Å². The number of carbonyl (C=O) groups is 1. The Morgan fingerprint density at radius 1 is 1.11 bits per heavy atom. The molecular formula is C15H26N2O. The van der Waals surface area contributed by atoms with E-state index in [1.807, 2.05) is 20.9 Å². The van der Waals surface area contributed by atoms with Crippen molar-refractivity contribution in [1.29, 1.82) is 0 Å². The second-order valence-corrected chi connectivity index (χ2v) is 5.11. The third kappa shape index (κ3) is 3.97. The molecule has 0 bridgehead atoms. The standard InChI is InChI=1S/C15H26N2O/c1-5-6-7-8-9-10-11-14(18)15-12(2)16-17(4)13(15)3/h5-11H2,1-4H3. The van der Waals surface area contributed by atoms with Crippen LogP contribution in [0.5, 0.6) is 0 Å². The normalized spacial score (nSPS) is 10.9. The molecular weight excluding hydrogens is 224 g/mol. The van der Waals surface area contributed by atoms with Gasteiger partial charge in [0.25, 0.3) is 0 Å². The smallest absolute Gasteiger partial charge is 0.166 e. The maximum Gasteiger partial charge on any atom is 0.166 e. The van der Waals surface area contributed by atoms with Crippen LogP contribution < -0.4 is 0 Å². The lowest BCUT2D eigenvalue weighted by molar-refractivity contribution is 0.0978. The molecule has 0 aliphatic carbocycles. The molecule has 0 atom stereocenters. The molecule has 3 nitrogen and oxygen atoms in total. The van der Waals surface area contributed by atoms with Crippen LogP contribution in [-0.2, 0) is 7.05 Å². The fourth-order valence-electron chi connectivity index (χ4n) is 2.37.